The summed E-state index contributed by atoms with van der Waals surface area (Å²) >= 11 is 0. The third-order valence-electron chi connectivity index (χ3n) is 14.8. The van der Waals surface area contributed by atoms with E-state index in [1.165, 1.54) is 88.7 Å². The van der Waals surface area contributed by atoms with Crippen LogP contribution in [0.1, 0.15) is 22.3 Å². The monoisotopic (exact) mass is 876 g/mol. The fourth-order valence-electron chi connectivity index (χ4n) is 11.8. The first-order valence-corrected chi connectivity index (χ1v) is 23.9. The maximum atomic E-state index is 2.52. The number of hydrogen-bond donors (Lipinski definition) is 0. The van der Waals surface area contributed by atoms with E-state index in [-0.39, 0.29) is 0 Å². The van der Waals surface area contributed by atoms with Crippen LogP contribution in [0.25, 0.3) is 83.1 Å². The zero-order valence-electron chi connectivity index (χ0n) is 37.8. The molecule has 0 N–H and O–H groups in total. The topological polar surface area (TPSA) is 8.17 Å². The second-order valence-corrected chi connectivity index (χ2v) is 18.4. The summed E-state index contributed by atoms with van der Waals surface area (Å²) < 4.78 is 2.52. The highest BCUT2D eigenvalue weighted by atomic mass is 15.1. The van der Waals surface area contributed by atoms with E-state index in [1.807, 2.05) is 0 Å². The van der Waals surface area contributed by atoms with Gasteiger partial charge in [0, 0.05) is 27.7 Å². The normalized spacial score (nSPS) is 14.1. The molecular weight excluding hydrogens is 833 g/mol. The molecule has 0 radical (unpaired) electrons. The first-order valence-electron chi connectivity index (χ1n) is 23.9. The van der Waals surface area contributed by atoms with Gasteiger partial charge in [-0.3, -0.25) is 0 Å². The van der Waals surface area contributed by atoms with E-state index in [4.69, 9.17) is 0 Å². The Kier molecular flexibility index (Phi) is 8.84. The minimum absolute atomic E-state index is 0.526. The van der Waals surface area contributed by atoms with Gasteiger partial charge in [-0.15, -0.1) is 0 Å². The fourth-order valence-corrected chi connectivity index (χ4v) is 11.8. The summed E-state index contributed by atoms with van der Waals surface area (Å²) in [6, 6.07) is 98.5. The van der Waals surface area contributed by atoms with Gasteiger partial charge in [-0.05, 0) is 121 Å². The van der Waals surface area contributed by atoms with E-state index in [2.05, 4.69) is 276 Å². The summed E-state index contributed by atoms with van der Waals surface area (Å²) in [5, 5.41) is 2.57. The Morgan fingerprint density at radius 1 is 0.290 bits per heavy atom. The molecule has 12 aromatic rings. The molecule has 14 rings (SSSR count). The fraction of sp³-hybridized carbons (Fsp3) is 0.0149. The average molecular weight is 877 g/mol. The van der Waals surface area contributed by atoms with E-state index in [9.17, 15) is 0 Å². The van der Waals surface area contributed by atoms with E-state index < -0.39 is 5.41 Å². The number of hydrogen-bond acceptors (Lipinski definition) is 1. The van der Waals surface area contributed by atoms with Gasteiger partial charge < -0.3 is 9.47 Å². The van der Waals surface area contributed by atoms with E-state index >= 15 is 0 Å². The number of fused-ring (bicyclic) bond motifs is 12. The third kappa shape index (κ3) is 5.92. The smallest absolute Gasteiger partial charge is 0.0754 e. The van der Waals surface area contributed by atoms with Crippen LogP contribution >= 0.6 is 0 Å². The van der Waals surface area contributed by atoms with E-state index in [0.717, 1.165) is 33.8 Å². The molecule has 322 valence electrons. The Bertz CT molecular complexity index is 3940. The minimum atomic E-state index is -0.526. The van der Waals surface area contributed by atoms with Crippen LogP contribution in [-0.4, -0.2) is 4.57 Å². The summed E-state index contributed by atoms with van der Waals surface area (Å²) in [6.07, 6.45) is 0. The molecule has 1 aliphatic carbocycles. The standard InChI is InChI=1S/C67H44N2/c1-3-17-45(18-4-1)47-33-35-49(36-34-47)54-23-8-12-30-63(54)68(52-40-37-48(38-41-52)46-19-5-2-6-20-46)53-22-15-21-50(43-53)51-39-42-56-55-24-7-10-27-59(55)67(62(56)44-51)60-28-11-14-32-65(60)69-64-31-13-9-25-57(64)58-26-16-29-61(67)66(58)69/h1-44H. The first kappa shape index (κ1) is 39.2. The van der Waals surface area contributed by atoms with E-state index in [1.54, 1.807) is 0 Å². The van der Waals surface area contributed by atoms with Crippen LogP contribution in [0.15, 0.2) is 267 Å². The lowest BCUT2D eigenvalue weighted by Gasteiger charge is -2.39. The van der Waals surface area contributed by atoms with Crippen molar-refractivity contribution in [3.8, 4) is 61.3 Å². The minimum Gasteiger partial charge on any atom is -0.310 e. The summed E-state index contributed by atoms with van der Waals surface area (Å²) in [6.45, 7) is 0. The van der Waals surface area contributed by atoms with Gasteiger partial charge in [0.1, 0.15) is 0 Å². The molecule has 2 heterocycles. The van der Waals surface area contributed by atoms with Crippen LogP contribution in [0.4, 0.5) is 17.1 Å². The number of para-hydroxylation sites is 4. The molecule has 2 aliphatic rings. The molecule has 0 saturated carbocycles. The number of nitrogens with zero attached hydrogens (tertiary/aromatic N) is 2. The van der Waals surface area contributed by atoms with Gasteiger partial charge in [-0.25, -0.2) is 0 Å². The molecule has 1 atom stereocenters. The zero-order chi connectivity index (χ0) is 45.5. The SMILES string of the molecule is c1ccc(-c2ccc(-c3ccccc3N(c3ccc(-c4ccccc4)cc3)c3cccc(-c4ccc5c(c4)C4(c6ccccc6-5)c5ccccc5-n5c6ccccc6c6cccc4c65)c3)cc2)cc1. The number of benzene rings is 11. The van der Waals surface area contributed by atoms with Crippen molar-refractivity contribution in [2.45, 2.75) is 5.41 Å². The molecule has 0 saturated heterocycles. The molecule has 1 aliphatic heterocycles. The quantitative estimate of drug-likeness (QED) is 0.155. The molecule has 0 amide bonds. The predicted octanol–water partition coefficient (Wildman–Crippen LogP) is 17.6. The second kappa shape index (κ2) is 15.6. The molecule has 69 heavy (non-hydrogen) atoms. The van der Waals surface area contributed by atoms with Crippen LogP contribution < -0.4 is 4.90 Å². The van der Waals surface area contributed by atoms with Gasteiger partial charge in [0.05, 0.1) is 27.8 Å². The van der Waals surface area contributed by atoms with Gasteiger partial charge in [-0.1, -0.05) is 218 Å². The van der Waals surface area contributed by atoms with Crippen LogP contribution in [-0.2, 0) is 5.41 Å². The maximum absolute atomic E-state index is 2.52. The van der Waals surface area contributed by atoms with Crippen molar-refractivity contribution in [3.63, 3.8) is 0 Å². The van der Waals surface area contributed by atoms with Crippen molar-refractivity contribution in [1.82, 2.24) is 4.57 Å². The molecule has 11 aromatic carbocycles. The van der Waals surface area contributed by atoms with E-state index in [0.29, 0.717) is 0 Å². The van der Waals surface area contributed by atoms with Crippen molar-refractivity contribution < 1.29 is 0 Å². The molecule has 1 aromatic heterocycles. The van der Waals surface area contributed by atoms with Crippen molar-refractivity contribution in [3.05, 3.63) is 289 Å². The highest BCUT2D eigenvalue weighted by molar-refractivity contribution is 6.13. The highest BCUT2D eigenvalue weighted by Gasteiger charge is 2.50. The number of rotatable bonds is 7. The lowest BCUT2D eigenvalue weighted by atomic mass is 9.65. The van der Waals surface area contributed by atoms with Crippen LogP contribution in [0.5, 0.6) is 0 Å². The van der Waals surface area contributed by atoms with Crippen molar-refractivity contribution in [1.29, 1.82) is 0 Å². The lowest BCUT2D eigenvalue weighted by Crippen LogP contribution is -2.33. The Balaban J connectivity index is 0.950. The van der Waals surface area contributed by atoms with Crippen LogP contribution in [0, 0.1) is 0 Å². The lowest BCUT2D eigenvalue weighted by molar-refractivity contribution is 0.749. The van der Waals surface area contributed by atoms with Gasteiger partial charge >= 0.3 is 0 Å². The predicted molar refractivity (Wildman–Crippen MR) is 288 cm³/mol. The van der Waals surface area contributed by atoms with Crippen molar-refractivity contribution in [2.24, 2.45) is 0 Å². The zero-order valence-corrected chi connectivity index (χ0v) is 37.8. The first-order chi connectivity index (χ1) is 34.2. The molecule has 1 spiro atoms. The molecule has 0 fully saturated rings. The summed E-state index contributed by atoms with van der Waals surface area (Å²) in [5.74, 6) is 0. The highest BCUT2D eigenvalue weighted by Crippen LogP contribution is 2.61. The molecule has 0 bridgehead atoms. The molecule has 2 nitrogen and oxygen atoms in total. The van der Waals surface area contributed by atoms with Crippen molar-refractivity contribution >= 4 is 38.9 Å². The third-order valence-corrected chi connectivity index (χ3v) is 14.8. The maximum Gasteiger partial charge on any atom is 0.0754 e. The Labute approximate surface area is 402 Å². The summed E-state index contributed by atoms with van der Waals surface area (Å²) in [4.78, 5) is 2.43. The molecule has 2 heteroatoms. The largest absolute Gasteiger partial charge is 0.310 e. The van der Waals surface area contributed by atoms with Crippen LogP contribution in [0.3, 0.4) is 0 Å². The van der Waals surface area contributed by atoms with Gasteiger partial charge in [-0.2, -0.15) is 0 Å². The Hall–Kier alpha value is -8.98. The average Bonchev–Trinajstić information content (AvgIpc) is 3.92. The van der Waals surface area contributed by atoms with Gasteiger partial charge in [0.2, 0.25) is 0 Å². The summed E-state index contributed by atoms with van der Waals surface area (Å²) in [5.41, 5.74) is 23.9. The van der Waals surface area contributed by atoms with Gasteiger partial charge in [0.15, 0.2) is 0 Å². The number of anilines is 3. The number of aromatic nitrogens is 1. The van der Waals surface area contributed by atoms with Gasteiger partial charge in [0.25, 0.3) is 0 Å². The molecular formula is C67H44N2. The summed E-state index contributed by atoms with van der Waals surface area (Å²) in [7, 11) is 0. The Morgan fingerprint density at radius 2 is 0.812 bits per heavy atom. The molecule has 1 unspecified atom stereocenters. The second-order valence-electron chi connectivity index (χ2n) is 18.4. The Morgan fingerprint density at radius 3 is 1.59 bits per heavy atom. The van der Waals surface area contributed by atoms with Crippen LogP contribution in [0.2, 0.25) is 0 Å². The van der Waals surface area contributed by atoms with Crippen molar-refractivity contribution in [2.75, 3.05) is 4.90 Å².